The number of nitrogens with one attached hydrogen (secondary N) is 3. The highest BCUT2D eigenvalue weighted by atomic mass is 79.9. The average Bonchev–Trinajstić information content (AvgIpc) is 2.58. The smallest absolute Gasteiger partial charge is 0.313 e. The van der Waals surface area contributed by atoms with Crippen molar-refractivity contribution >= 4 is 45.0 Å². The number of benzene rings is 2. The quantitative estimate of drug-likeness (QED) is 0.685. The Labute approximate surface area is 154 Å². The molecule has 0 aromatic heterocycles. The van der Waals surface area contributed by atoms with Gasteiger partial charge in [-0.25, -0.2) is 0 Å². The van der Waals surface area contributed by atoms with Crippen LogP contribution >= 0.6 is 15.9 Å². The summed E-state index contributed by atoms with van der Waals surface area (Å²) in [5.74, 6) is -2.12. The van der Waals surface area contributed by atoms with Gasteiger partial charge in [0.2, 0.25) is 5.91 Å². The van der Waals surface area contributed by atoms with Crippen molar-refractivity contribution in [2.75, 3.05) is 17.2 Å². The van der Waals surface area contributed by atoms with Crippen LogP contribution in [0.1, 0.15) is 11.1 Å². The highest BCUT2D eigenvalue weighted by Gasteiger charge is 2.15. The number of halogens is 1. The molecule has 0 radical (unpaired) electrons. The fraction of sp³-hybridized carbons (Fsp3) is 0.167. The van der Waals surface area contributed by atoms with Crippen molar-refractivity contribution in [3.63, 3.8) is 0 Å². The Morgan fingerprint density at radius 3 is 2.12 bits per heavy atom. The molecule has 130 valence electrons. The molecule has 2 aromatic carbocycles. The molecule has 0 fully saturated rings. The predicted molar refractivity (Wildman–Crippen MR) is 100 cm³/mol. The van der Waals surface area contributed by atoms with Gasteiger partial charge in [0.15, 0.2) is 0 Å². The Bertz CT molecular complexity index is 804. The first kappa shape index (κ1) is 18.7. The minimum absolute atomic E-state index is 0.292. The van der Waals surface area contributed by atoms with E-state index in [-0.39, 0.29) is 6.54 Å². The number of rotatable bonds is 4. The van der Waals surface area contributed by atoms with Crippen LogP contribution in [0.3, 0.4) is 0 Å². The maximum absolute atomic E-state index is 11.9. The molecule has 3 N–H and O–H groups in total. The highest BCUT2D eigenvalue weighted by Crippen LogP contribution is 2.14. The van der Waals surface area contributed by atoms with Crippen molar-refractivity contribution in [2.24, 2.45) is 0 Å². The molecule has 3 amide bonds. The molecule has 0 unspecified atom stereocenters. The third-order valence-electron chi connectivity index (χ3n) is 3.51. The molecule has 2 aromatic rings. The lowest BCUT2D eigenvalue weighted by Gasteiger charge is -2.09. The molecule has 0 saturated heterocycles. The molecular formula is C18H18BrN3O3. The summed E-state index contributed by atoms with van der Waals surface area (Å²) in [5, 5.41) is 7.41. The predicted octanol–water partition coefficient (Wildman–Crippen LogP) is 2.76. The van der Waals surface area contributed by atoms with Gasteiger partial charge in [0.25, 0.3) is 0 Å². The minimum atomic E-state index is -0.877. The van der Waals surface area contributed by atoms with Crippen molar-refractivity contribution in [1.82, 2.24) is 5.32 Å². The normalized spacial score (nSPS) is 10.0. The van der Waals surface area contributed by atoms with Crippen molar-refractivity contribution in [3.05, 3.63) is 58.1 Å². The van der Waals surface area contributed by atoms with Gasteiger partial charge in [-0.05, 0) is 61.4 Å². The number of carbonyl (C=O) groups is 3. The van der Waals surface area contributed by atoms with Crippen LogP contribution in [0, 0.1) is 13.8 Å². The van der Waals surface area contributed by atoms with E-state index in [1.807, 2.05) is 26.0 Å². The molecule has 0 atom stereocenters. The SMILES string of the molecule is Cc1ccc(NC(=O)CNC(=O)C(=O)Nc2ccc(Br)cc2)cc1C. The van der Waals surface area contributed by atoms with Crippen LogP contribution in [0.15, 0.2) is 46.9 Å². The summed E-state index contributed by atoms with van der Waals surface area (Å²) in [6, 6.07) is 12.3. The molecule has 0 spiro atoms. The van der Waals surface area contributed by atoms with E-state index in [2.05, 4.69) is 31.9 Å². The molecular weight excluding hydrogens is 386 g/mol. The molecule has 0 aliphatic heterocycles. The van der Waals surface area contributed by atoms with Gasteiger partial charge in [0.05, 0.1) is 6.54 Å². The molecule has 2 rings (SSSR count). The van der Waals surface area contributed by atoms with Crippen molar-refractivity contribution in [3.8, 4) is 0 Å². The van der Waals surface area contributed by atoms with Gasteiger partial charge in [0, 0.05) is 15.8 Å². The van der Waals surface area contributed by atoms with Gasteiger partial charge in [-0.15, -0.1) is 0 Å². The van der Waals surface area contributed by atoms with Gasteiger partial charge in [-0.1, -0.05) is 22.0 Å². The van der Waals surface area contributed by atoms with Gasteiger partial charge in [0.1, 0.15) is 0 Å². The Morgan fingerprint density at radius 1 is 0.840 bits per heavy atom. The summed E-state index contributed by atoms with van der Waals surface area (Å²) in [6.45, 7) is 3.63. The number of hydrogen-bond donors (Lipinski definition) is 3. The van der Waals surface area contributed by atoms with Crippen LogP contribution in [0.25, 0.3) is 0 Å². The third-order valence-corrected chi connectivity index (χ3v) is 4.04. The monoisotopic (exact) mass is 403 g/mol. The Morgan fingerprint density at radius 2 is 1.48 bits per heavy atom. The van der Waals surface area contributed by atoms with Crippen molar-refractivity contribution in [2.45, 2.75) is 13.8 Å². The zero-order chi connectivity index (χ0) is 18.4. The first-order valence-corrected chi connectivity index (χ1v) is 8.36. The molecule has 0 saturated carbocycles. The summed E-state index contributed by atoms with van der Waals surface area (Å²) in [4.78, 5) is 35.4. The fourth-order valence-corrected chi connectivity index (χ4v) is 2.25. The summed E-state index contributed by atoms with van der Waals surface area (Å²) < 4.78 is 0.859. The molecule has 0 aliphatic carbocycles. The number of hydrogen-bond acceptors (Lipinski definition) is 3. The van der Waals surface area contributed by atoms with Gasteiger partial charge in [-0.3, -0.25) is 14.4 Å². The standard InChI is InChI=1S/C18H18BrN3O3/c1-11-3-6-15(9-12(11)2)21-16(23)10-20-17(24)18(25)22-14-7-4-13(19)5-8-14/h3-9H,10H2,1-2H3,(H,20,24)(H,21,23)(H,22,25). The molecule has 25 heavy (non-hydrogen) atoms. The second-order valence-electron chi connectivity index (χ2n) is 5.49. The molecule has 7 heteroatoms. The van der Waals surface area contributed by atoms with Crippen LogP contribution in [0.4, 0.5) is 11.4 Å². The number of amides is 3. The first-order valence-electron chi connectivity index (χ1n) is 7.57. The van der Waals surface area contributed by atoms with E-state index in [0.717, 1.165) is 15.6 Å². The second-order valence-corrected chi connectivity index (χ2v) is 6.41. The van der Waals surface area contributed by atoms with Crippen LogP contribution in [0.5, 0.6) is 0 Å². The Kier molecular flexibility index (Phi) is 6.30. The maximum atomic E-state index is 11.9. The second kappa shape index (κ2) is 8.43. The number of carbonyl (C=O) groups excluding carboxylic acids is 3. The van der Waals surface area contributed by atoms with E-state index >= 15 is 0 Å². The van der Waals surface area contributed by atoms with E-state index in [1.165, 1.54) is 0 Å². The average molecular weight is 404 g/mol. The number of anilines is 2. The van der Waals surface area contributed by atoms with E-state index in [9.17, 15) is 14.4 Å². The summed E-state index contributed by atoms with van der Waals surface area (Å²) in [5.41, 5.74) is 3.30. The minimum Gasteiger partial charge on any atom is -0.339 e. The van der Waals surface area contributed by atoms with Crippen LogP contribution < -0.4 is 16.0 Å². The first-order chi connectivity index (χ1) is 11.8. The third kappa shape index (κ3) is 5.72. The topological polar surface area (TPSA) is 87.3 Å². The van der Waals surface area contributed by atoms with Crippen LogP contribution in [-0.2, 0) is 14.4 Å². The van der Waals surface area contributed by atoms with E-state index in [4.69, 9.17) is 0 Å². The van der Waals surface area contributed by atoms with Crippen LogP contribution in [0.2, 0.25) is 0 Å². The summed E-state index contributed by atoms with van der Waals surface area (Å²) in [7, 11) is 0. The molecule has 0 aliphatic rings. The van der Waals surface area contributed by atoms with E-state index in [0.29, 0.717) is 11.4 Å². The summed E-state index contributed by atoms with van der Waals surface area (Å²) >= 11 is 3.28. The van der Waals surface area contributed by atoms with Gasteiger partial charge >= 0.3 is 11.8 Å². The van der Waals surface area contributed by atoms with Crippen LogP contribution in [-0.4, -0.2) is 24.3 Å². The lowest BCUT2D eigenvalue weighted by molar-refractivity contribution is -0.136. The highest BCUT2D eigenvalue weighted by molar-refractivity contribution is 9.10. The zero-order valence-corrected chi connectivity index (χ0v) is 15.4. The van der Waals surface area contributed by atoms with Gasteiger partial charge in [-0.2, -0.15) is 0 Å². The van der Waals surface area contributed by atoms with Crippen molar-refractivity contribution in [1.29, 1.82) is 0 Å². The summed E-state index contributed by atoms with van der Waals surface area (Å²) in [6.07, 6.45) is 0. The van der Waals surface area contributed by atoms with Gasteiger partial charge < -0.3 is 16.0 Å². The number of aryl methyl sites for hydroxylation is 2. The zero-order valence-electron chi connectivity index (χ0n) is 13.9. The fourth-order valence-electron chi connectivity index (χ4n) is 1.99. The van der Waals surface area contributed by atoms with Crippen molar-refractivity contribution < 1.29 is 14.4 Å². The largest absolute Gasteiger partial charge is 0.339 e. The van der Waals surface area contributed by atoms with E-state index < -0.39 is 17.7 Å². The maximum Gasteiger partial charge on any atom is 0.313 e. The van der Waals surface area contributed by atoms with E-state index in [1.54, 1.807) is 30.3 Å². The molecule has 0 heterocycles. The lowest BCUT2D eigenvalue weighted by atomic mass is 10.1. The lowest BCUT2D eigenvalue weighted by Crippen LogP contribution is -2.39. The Balaban J connectivity index is 1.81. The Hall–Kier alpha value is -2.67. The molecule has 6 nitrogen and oxygen atoms in total. The molecule has 0 bridgehead atoms.